The molecule has 0 saturated heterocycles. The van der Waals surface area contributed by atoms with Crippen molar-refractivity contribution in [1.82, 2.24) is 9.88 Å². The number of aliphatic carboxylic acids is 1. The highest BCUT2D eigenvalue weighted by Gasteiger charge is 2.20. The van der Waals surface area contributed by atoms with Crippen molar-refractivity contribution in [3.63, 3.8) is 0 Å². The average molecular weight is 461 g/mol. The van der Waals surface area contributed by atoms with Gasteiger partial charge in [-0.15, -0.1) is 17.3 Å². The smallest absolute Gasteiger partial charge is 0.304 e. The molecule has 0 saturated carbocycles. The fraction of sp³-hybridized carbons (Fsp3) is 0.333. The van der Waals surface area contributed by atoms with Crippen LogP contribution in [0.2, 0.25) is 0 Å². The molecule has 4 rings (SSSR count). The molecule has 170 valence electrons. The molecule has 3 aromatic rings. The molecule has 0 amide bonds. The second-order valence-electron chi connectivity index (χ2n) is 8.29. The minimum absolute atomic E-state index is 0.00519. The van der Waals surface area contributed by atoms with Gasteiger partial charge < -0.3 is 9.84 Å². The molecule has 1 aliphatic rings. The number of carboxylic acids is 1. The molecule has 2 heterocycles. The molecular formula is C27H28N2O3S. The van der Waals surface area contributed by atoms with Crippen molar-refractivity contribution < 1.29 is 14.6 Å². The molecule has 2 aromatic carbocycles. The number of aryl methyl sites for hydroxylation is 1. The summed E-state index contributed by atoms with van der Waals surface area (Å²) in [5, 5.41) is 10.3. The third-order valence-electron chi connectivity index (χ3n) is 5.70. The zero-order valence-corrected chi connectivity index (χ0v) is 19.8. The summed E-state index contributed by atoms with van der Waals surface area (Å²) >= 11 is 1.81. The Hall–Kier alpha value is -3.14. The van der Waals surface area contributed by atoms with Crippen molar-refractivity contribution in [2.45, 2.75) is 52.3 Å². The second kappa shape index (κ2) is 10.7. The van der Waals surface area contributed by atoms with Gasteiger partial charge in [-0.05, 0) is 42.7 Å². The van der Waals surface area contributed by atoms with Gasteiger partial charge in [0, 0.05) is 30.9 Å². The molecule has 1 aromatic heterocycles. The highest BCUT2D eigenvalue weighted by atomic mass is 32.1. The first-order valence-electron chi connectivity index (χ1n) is 11.1. The summed E-state index contributed by atoms with van der Waals surface area (Å²) in [6.07, 6.45) is 1.02. The van der Waals surface area contributed by atoms with Crippen molar-refractivity contribution in [2.24, 2.45) is 0 Å². The van der Waals surface area contributed by atoms with Crippen molar-refractivity contribution in [3.05, 3.63) is 80.8 Å². The molecule has 0 fully saturated rings. The van der Waals surface area contributed by atoms with Crippen molar-refractivity contribution in [2.75, 3.05) is 6.54 Å². The first-order valence-corrected chi connectivity index (χ1v) is 11.9. The summed E-state index contributed by atoms with van der Waals surface area (Å²) < 4.78 is 5.99. The van der Waals surface area contributed by atoms with E-state index in [0.29, 0.717) is 6.61 Å². The Kier molecular flexibility index (Phi) is 7.43. The SMILES string of the molecule is CC#C[C@@H](CC(=O)O)c1ccc(OCc2cccc(CN3CCc4nc(C)sc4C3)c2)cc1. The molecule has 0 bridgehead atoms. The maximum Gasteiger partial charge on any atom is 0.304 e. The Morgan fingerprint density at radius 2 is 2.03 bits per heavy atom. The van der Waals surface area contributed by atoms with E-state index in [4.69, 9.17) is 9.84 Å². The van der Waals surface area contributed by atoms with Gasteiger partial charge >= 0.3 is 5.97 Å². The lowest BCUT2D eigenvalue weighted by Crippen LogP contribution is -2.29. The van der Waals surface area contributed by atoms with Gasteiger partial charge in [0.2, 0.25) is 0 Å². The van der Waals surface area contributed by atoms with Crippen LogP contribution in [0.5, 0.6) is 5.75 Å². The Morgan fingerprint density at radius 1 is 1.24 bits per heavy atom. The van der Waals surface area contributed by atoms with Gasteiger partial charge in [0.05, 0.1) is 23.0 Å². The highest BCUT2D eigenvalue weighted by Crippen LogP contribution is 2.26. The molecule has 0 radical (unpaired) electrons. The van der Waals surface area contributed by atoms with E-state index in [0.717, 1.165) is 47.9 Å². The standard InChI is InChI=1S/C27H28N2O3S/c1-3-5-23(15-27(30)31)22-8-10-24(11-9-22)32-18-21-7-4-6-20(14-21)16-29-13-12-25-26(17-29)33-19(2)28-25/h4,6-11,14,23H,12-13,15-18H2,1-2H3,(H,30,31)/t23-/m0/s1. The lowest BCUT2D eigenvalue weighted by molar-refractivity contribution is -0.137. The number of fused-ring (bicyclic) bond motifs is 1. The summed E-state index contributed by atoms with van der Waals surface area (Å²) in [5.74, 6) is 5.40. The number of thiazole rings is 1. The Balaban J connectivity index is 1.34. The van der Waals surface area contributed by atoms with E-state index in [1.54, 1.807) is 6.92 Å². The van der Waals surface area contributed by atoms with Crippen LogP contribution >= 0.6 is 11.3 Å². The van der Waals surface area contributed by atoms with Gasteiger partial charge in [0.25, 0.3) is 0 Å². The molecule has 5 nitrogen and oxygen atoms in total. The van der Waals surface area contributed by atoms with E-state index in [1.807, 2.05) is 35.6 Å². The van der Waals surface area contributed by atoms with Crippen LogP contribution in [0.1, 0.15) is 51.5 Å². The van der Waals surface area contributed by atoms with Gasteiger partial charge in [0.15, 0.2) is 0 Å². The fourth-order valence-corrected chi connectivity index (χ4v) is 5.18. The molecule has 1 aliphatic heterocycles. The second-order valence-corrected chi connectivity index (χ2v) is 9.57. The van der Waals surface area contributed by atoms with Gasteiger partial charge in [0.1, 0.15) is 12.4 Å². The molecule has 1 atom stereocenters. The molecule has 0 unspecified atom stereocenters. The molecule has 6 heteroatoms. The number of hydrogen-bond donors (Lipinski definition) is 1. The van der Waals surface area contributed by atoms with Crippen LogP contribution in [0.15, 0.2) is 48.5 Å². The summed E-state index contributed by atoms with van der Waals surface area (Å²) in [5.41, 5.74) is 4.58. The van der Waals surface area contributed by atoms with Crippen molar-refractivity contribution in [1.29, 1.82) is 0 Å². The lowest BCUT2D eigenvalue weighted by atomic mass is 9.96. The number of rotatable bonds is 8. The van der Waals surface area contributed by atoms with E-state index in [1.165, 1.54) is 16.1 Å². The summed E-state index contributed by atoms with van der Waals surface area (Å²) in [6.45, 7) is 7.22. The van der Waals surface area contributed by atoms with Crippen LogP contribution in [0, 0.1) is 18.8 Å². The van der Waals surface area contributed by atoms with E-state index in [2.05, 4.69) is 52.9 Å². The zero-order chi connectivity index (χ0) is 23.2. The first-order chi connectivity index (χ1) is 16.0. The predicted octanol–water partition coefficient (Wildman–Crippen LogP) is 5.17. The van der Waals surface area contributed by atoms with Gasteiger partial charge in [-0.1, -0.05) is 42.3 Å². The number of carbonyl (C=O) groups is 1. The molecule has 1 N–H and O–H groups in total. The molecule has 0 aliphatic carbocycles. The summed E-state index contributed by atoms with van der Waals surface area (Å²) in [4.78, 5) is 19.6. The highest BCUT2D eigenvalue weighted by molar-refractivity contribution is 7.11. The van der Waals surface area contributed by atoms with Crippen LogP contribution in [0.4, 0.5) is 0 Å². The molecule has 33 heavy (non-hydrogen) atoms. The van der Waals surface area contributed by atoms with Gasteiger partial charge in [-0.2, -0.15) is 0 Å². The van der Waals surface area contributed by atoms with Gasteiger partial charge in [-0.3, -0.25) is 9.69 Å². The predicted molar refractivity (Wildman–Crippen MR) is 130 cm³/mol. The number of aromatic nitrogens is 1. The topological polar surface area (TPSA) is 62.7 Å². The lowest BCUT2D eigenvalue weighted by Gasteiger charge is -2.26. The van der Waals surface area contributed by atoms with Crippen LogP contribution in [-0.4, -0.2) is 27.5 Å². The largest absolute Gasteiger partial charge is 0.489 e. The summed E-state index contributed by atoms with van der Waals surface area (Å²) in [7, 11) is 0. The normalized spacial score (nSPS) is 14.1. The number of ether oxygens (including phenoxy) is 1. The van der Waals surface area contributed by atoms with Crippen molar-refractivity contribution >= 4 is 17.3 Å². The van der Waals surface area contributed by atoms with Crippen molar-refractivity contribution in [3.8, 4) is 17.6 Å². The Bertz CT molecular complexity index is 1170. The van der Waals surface area contributed by atoms with Crippen LogP contribution in [-0.2, 0) is 30.9 Å². The van der Waals surface area contributed by atoms with Crippen LogP contribution < -0.4 is 4.74 Å². The quantitative estimate of drug-likeness (QED) is 0.470. The minimum Gasteiger partial charge on any atom is -0.489 e. The van der Waals surface area contributed by atoms with Crippen LogP contribution in [0.3, 0.4) is 0 Å². The Morgan fingerprint density at radius 3 is 2.79 bits per heavy atom. The number of carboxylic acid groups (broad SMARTS) is 1. The van der Waals surface area contributed by atoms with E-state index >= 15 is 0 Å². The minimum atomic E-state index is -0.852. The van der Waals surface area contributed by atoms with Crippen LogP contribution in [0.25, 0.3) is 0 Å². The van der Waals surface area contributed by atoms with E-state index < -0.39 is 5.97 Å². The third kappa shape index (κ3) is 6.22. The molecular weight excluding hydrogens is 432 g/mol. The number of benzene rings is 2. The van der Waals surface area contributed by atoms with Gasteiger partial charge in [-0.25, -0.2) is 4.98 Å². The third-order valence-corrected chi connectivity index (χ3v) is 6.70. The molecule has 0 spiro atoms. The van der Waals surface area contributed by atoms with E-state index in [-0.39, 0.29) is 12.3 Å². The maximum absolute atomic E-state index is 11.1. The zero-order valence-electron chi connectivity index (χ0n) is 19.0. The first kappa shape index (κ1) is 23.0. The number of nitrogens with zero attached hydrogens (tertiary/aromatic N) is 2. The fourth-order valence-electron chi connectivity index (χ4n) is 4.15. The summed E-state index contributed by atoms with van der Waals surface area (Å²) in [6, 6.07) is 16.1. The maximum atomic E-state index is 11.1. The number of hydrogen-bond acceptors (Lipinski definition) is 5. The average Bonchev–Trinajstić information content (AvgIpc) is 3.17. The van der Waals surface area contributed by atoms with E-state index in [9.17, 15) is 4.79 Å². The Labute approximate surface area is 199 Å². The monoisotopic (exact) mass is 460 g/mol.